The second-order valence-electron chi connectivity index (χ2n) is 7.90. The number of rotatable bonds is 3. The van der Waals surface area contributed by atoms with E-state index in [-0.39, 0.29) is 24.7 Å². The van der Waals surface area contributed by atoms with Crippen molar-refractivity contribution >= 4 is 23.3 Å². The lowest BCUT2D eigenvalue weighted by Crippen LogP contribution is -2.51. The summed E-state index contributed by atoms with van der Waals surface area (Å²) in [7, 11) is 0. The number of hydrogen-bond donors (Lipinski definition) is 1. The SMILES string of the molecule is O=C(Nc1ccc(N2CCOCC2)cc1C(F)(F)F)N1CCN(C(=O)c2ccccc2)CC1. The van der Waals surface area contributed by atoms with Crippen molar-refractivity contribution in [2.45, 2.75) is 6.18 Å². The predicted octanol–water partition coefficient (Wildman–Crippen LogP) is 3.53. The van der Waals surface area contributed by atoms with Crippen molar-refractivity contribution in [1.29, 1.82) is 0 Å². The van der Waals surface area contributed by atoms with Crippen LogP contribution >= 0.6 is 0 Å². The molecule has 4 rings (SSSR count). The molecule has 0 radical (unpaired) electrons. The Morgan fingerprint density at radius 1 is 0.848 bits per heavy atom. The fourth-order valence-corrected chi connectivity index (χ4v) is 3.96. The molecule has 1 N–H and O–H groups in total. The number of morpholine rings is 1. The van der Waals surface area contributed by atoms with Gasteiger partial charge in [-0.1, -0.05) is 18.2 Å². The fraction of sp³-hybridized carbons (Fsp3) is 0.391. The van der Waals surface area contributed by atoms with Crippen LogP contribution in [0.5, 0.6) is 0 Å². The van der Waals surface area contributed by atoms with Crippen molar-refractivity contribution in [3.63, 3.8) is 0 Å². The lowest BCUT2D eigenvalue weighted by molar-refractivity contribution is -0.136. The third-order valence-corrected chi connectivity index (χ3v) is 5.80. The van der Waals surface area contributed by atoms with Crippen LogP contribution in [0.4, 0.5) is 29.3 Å². The molecule has 10 heteroatoms. The molecule has 0 aliphatic carbocycles. The summed E-state index contributed by atoms with van der Waals surface area (Å²) in [6.45, 7) is 3.02. The molecular weight excluding hydrogens is 437 g/mol. The molecule has 2 aromatic carbocycles. The van der Waals surface area contributed by atoms with Crippen LogP contribution in [0.2, 0.25) is 0 Å². The molecule has 33 heavy (non-hydrogen) atoms. The number of urea groups is 1. The Hall–Kier alpha value is -3.27. The molecule has 2 aliphatic rings. The molecule has 2 heterocycles. The van der Waals surface area contributed by atoms with Crippen LogP contribution in [0, 0.1) is 0 Å². The van der Waals surface area contributed by atoms with E-state index < -0.39 is 17.8 Å². The molecule has 2 aromatic rings. The number of anilines is 2. The molecule has 0 atom stereocenters. The van der Waals surface area contributed by atoms with E-state index in [1.807, 2.05) is 11.0 Å². The van der Waals surface area contributed by atoms with Crippen LogP contribution in [0.25, 0.3) is 0 Å². The van der Waals surface area contributed by atoms with E-state index in [1.165, 1.54) is 11.0 Å². The van der Waals surface area contributed by atoms with E-state index in [2.05, 4.69) is 5.32 Å². The van der Waals surface area contributed by atoms with Gasteiger partial charge >= 0.3 is 12.2 Å². The molecular formula is C23H25F3N4O3. The highest BCUT2D eigenvalue weighted by Crippen LogP contribution is 2.37. The number of carbonyl (C=O) groups is 2. The topological polar surface area (TPSA) is 65.1 Å². The van der Waals surface area contributed by atoms with Crippen molar-refractivity contribution in [1.82, 2.24) is 9.80 Å². The van der Waals surface area contributed by atoms with Crippen LogP contribution in [-0.4, -0.2) is 74.2 Å². The summed E-state index contributed by atoms with van der Waals surface area (Å²) >= 11 is 0. The first-order valence-electron chi connectivity index (χ1n) is 10.8. The number of nitrogens with zero attached hydrogens (tertiary/aromatic N) is 3. The zero-order valence-electron chi connectivity index (χ0n) is 18.0. The van der Waals surface area contributed by atoms with E-state index in [0.29, 0.717) is 50.6 Å². The minimum absolute atomic E-state index is 0.131. The van der Waals surface area contributed by atoms with Crippen LogP contribution < -0.4 is 10.2 Å². The predicted molar refractivity (Wildman–Crippen MR) is 117 cm³/mol. The zero-order valence-corrected chi connectivity index (χ0v) is 18.0. The molecule has 0 spiro atoms. The average Bonchev–Trinajstić information content (AvgIpc) is 2.84. The number of halogens is 3. The number of benzene rings is 2. The summed E-state index contributed by atoms with van der Waals surface area (Å²) in [4.78, 5) is 30.1. The van der Waals surface area contributed by atoms with E-state index in [4.69, 9.17) is 4.74 Å². The van der Waals surface area contributed by atoms with E-state index in [1.54, 1.807) is 35.2 Å². The van der Waals surface area contributed by atoms with E-state index >= 15 is 0 Å². The van der Waals surface area contributed by atoms with Gasteiger partial charge in [0.15, 0.2) is 0 Å². The average molecular weight is 462 g/mol. The number of amides is 3. The molecule has 3 amide bonds. The monoisotopic (exact) mass is 462 g/mol. The highest BCUT2D eigenvalue weighted by molar-refractivity contribution is 5.95. The summed E-state index contributed by atoms with van der Waals surface area (Å²) in [5, 5.41) is 2.41. The first kappa shape index (κ1) is 22.9. The van der Waals surface area contributed by atoms with Crippen molar-refractivity contribution in [2.24, 2.45) is 0 Å². The van der Waals surface area contributed by atoms with Gasteiger partial charge in [-0.25, -0.2) is 4.79 Å². The lowest BCUT2D eigenvalue weighted by Gasteiger charge is -2.35. The third kappa shape index (κ3) is 5.39. The normalized spacial score (nSPS) is 17.1. The molecule has 176 valence electrons. The minimum Gasteiger partial charge on any atom is -0.378 e. The van der Waals surface area contributed by atoms with E-state index in [9.17, 15) is 22.8 Å². The second-order valence-corrected chi connectivity index (χ2v) is 7.90. The van der Waals surface area contributed by atoms with Crippen LogP contribution in [0.15, 0.2) is 48.5 Å². The molecule has 0 aromatic heterocycles. The minimum atomic E-state index is -4.62. The molecule has 0 unspecified atom stereocenters. The summed E-state index contributed by atoms with van der Waals surface area (Å²) in [6, 6.07) is 12.1. The van der Waals surface area contributed by atoms with Gasteiger partial charge in [0.1, 0.15) is 0 Å². The van der Waals surface area contributed by atoms with Crippen molar-refractivity contribution < 1.29 is 27.5 Å². The number of carbonyl (C=O) groups excluding carboxylic acids is 2. The Morgan fingerprint density at radius 2 is 1.48 bits per heavy atom. The van der Waals surface area contributed by atoms with Gasteiger partial charge in [-0.2, -0.15) is 13.2 Å². The Bertz CT molecular complexity index is 986. The highest BCUT2D eigenvalue weighted by Gasteiger charge is 2.35. The molecule has 2 fully saturated rings. The summed E-state index contributed by atoms with van der Waals surface area (Å²) in [6.07, 6.45) is -4.62. The number of ether oxygens (including phenoxy) is 1. The van der Waals surface area contributed by atoms with Gasteiger partial charge < -0.3 is 24.8 Å². The van der Waals surface area contributed by atoms with Crippen molar-refractivity contribution in [3.05, 3.63) is 59.7 Å². The van der Waals surface area contributed by atoms with Gasteiger partial charge in [0, 0.05) is 50.5 Å². The van der Waals surface area contributed by atoms with Gasteiger partial charge in [0.05, 0.1) is 24.5 Å². The second kappa shape index (κ2) is 9.70. The van der Waals surface area contributed by atoms with Gasteiger partial charge in [0.2, 0.25) is 0 Å². The molecule has 0 bridgehead atoms. The smallest absolute Gasteiger partial charge is 0.378 e. The quantitative estimate of drug-likeness (QED) is 0.758. The highest BCUT2D eigenvalue weighted by atomic mass is 19.4. The van der Waals surface area contributed by atoms with Crippen LogP contribution in [0.3, 0.4) is 0 Å². The lowest BCUT2D eigenvalue weighted by atomic mass is 10.1. The molecule has 2 saturated heterocycles. The standard InChI is InChI=1S/C23H25F3N4O3/c24-23(25,26)19-16-18(28-12-14-33-15-13-28)6-7-20(19)27-22(32)30-10-8-29(9-11-30)21(31)17-4-2-1-3-5-17/h1-7,16H,8-15H2,(H,27,32). The summed E-state index contributed by atoms with van der Waals surface area (Å²) in [5.74, 6) is -0.131. The van der Waals surface area contributed by atoms with Crippen LogP contribution in [-0.2, 0) is 10.9 Å². The maximum absolute atomic E-state index is 13.7. The summed E-state index contributed by atoms with van der Waals surface area (Å²) < 4.78 is 46.5. The molecule has 7 nitrogen and oxygen atoms in total. The third-order valence-electron chi connectivity index (χ3n) is 5.80. The van der Waals surface area contributed by atoms with Gasteiger partial charge in [-0.05, 0) is 30.3 Å². The Balaban J connectivity index is 1.41. The summed E-state index contributed by atoms with van der Waals surface area (Å²) in [5.41, 5.74) is -0.174. The first-order valence-corrected chi connectivity index (χ1v) is 10.8. The van der Waals surface area contributed by atoms with Gasteiger partial charge in [-0.15, -0.1) is 0 Å². The molecule has 0 saturated carbocycles. The van der Waals surface area contributed by atoms with E-state index in [0.717, 1.165) is 6.07 Å². The maximum Gasteiger partial charge on any atom is 0.418 e. The number of hydrogen-bond acceptors (Lipinski definition) is 4. The van der Waals surface area contributed by atoms with Crippen molar-refractivity contribution in [2.75, 3.05) is 62.7 Å². The Morgan fingerprint density at radius 3 is 2.12 bits per heavy atom. The Labute approximate surface area is 189 Å². The number of piperazine rings is 1. The largest absolute Gasteiger partial charge is 0.418 e. The Kier molecular flexibility index (Phi) is 6.73. The van der Waals surface area contributed by atoms with Gasteiger partial charge in [-0.3, -0.25) is 4.79 Å². The fourth-order valence-electron chi connectivity index (χ4n) is 3.96. The maximum atomic E-state index is 13.7. The van der Waals surface area contributed by atoms with Crippen molar-refractivity contribution in [3.8, 4) is 0 Å². The number of alkyl halides is 3. The van der Waals surface area contributed by atoms with Crippen LogP contribution in [0.1, 0.15) is 15.9 Å². The number of nitrogens with one attached hydrogen (secondary N) is 1. The molecule has 2 aliphatic heterocycles. The first-order chi connectivity index (χ1) is 15.8. The van der Waals surface area contributed by atoms with Gasteiger partial charge in [0.25, 0.3) is 5.91 Å². The zero-order chi connectivity index (χ0) is 23.4.